The van der Waals surface area contributed by atoms with Gasteiger partial charge in [-0.3, -0.25) is 0 Å². The highest BCUT2D eigenvalue weighted by Crippen LogP contribution is 2.16. The summed E-state index contributed by atoms with van der Waals surface area (Å²) in [5.74, 6) is 0. The third kappa shape index (κ3) is 3.30. The maximum absolute atomic E-state index is 3.40. The first kappa shape index (κ1) is 12.6. The van der Waals surface area contributed by atoms with Crippen molar-refractivity contribution >= 4 is 0 Å². The number of piperazine rings is 1. The zero-order chi connectivity index (χ0) is 12.3. The summed E-state index contributed by atoms with van der Waals surface area (Å²) in [7, 11) is 0. The van der Waals surface area contributed by atoms with Crippen LogP contribution in [0.15, 0.2) is 12.1 Å². The van der Waals surface area contributed by atoms with Gasteiger partial charge in [0.25, 0.3) is 0 Å². The highest BCUT2D eigenvalue weighted by Gasteiger charge is 2.10. The van der Waals surface area contributed by atoms with Crippen LogP contribution in [0, 0.1) is 20.8 Å². The Bertz CT molecular complexity index is 379. The van der Waals surface area contributed by atoms with Crippen molar-refractivity contribution < 1.29 is 0 Å². The fraction of sp³-hybridized carbons (Fsp3) is 0.600. The summed E-state index contributed by atoms with van der Waals surface area (Å²) in [4.78, 5) is 2.56. The van der Waals surface area contributed by atoms with Crippen LogP contribution in [0.1, 0.15) is 22.3 Å². The van der Waals surface area contributed by atoms with Crippen LogP contribution < -0.4 is 5.32 Å². The smallest absolute Gasteiger partial charge is 0.0108 e. The molecule has 17 heavy (non-hydrogen) atoms. The Morgan fingerprint density at radius 2 is 1.82 bits per heavy atom. The molecule has 0 spiro atoms. The van der Waals surface area contributed by atoms with Crippen LogP contribution in [0.4, 0.5) is 0 Å². The van der Waals surface area contributed by atoms with Crippen molar-refractivity contribution in [1.82, 2.24) is 10.2 Å². The molecule has 2 rings (SSSR count). The molecule has 1 aliphatic rings. The summed E-state index contributed by atoms with van der Waals surface area (Å²) in [6.45, 7) is 12.6. The molecule has 0 aliphatic carbocycles. The Morgan fingerprint density at radius 1 is 1.12 bits per heavy atom. The SMILES string of the molecule is Cc1cc(C)c(C)c(CCN2CCNCC2)c1. The van der Waals surface area contributed by atoms with Gasteiger partial charge in [0.2, 0.25) is 0 Å². The fourth-order valence-corrected chi connectivity index (χ4v) is 2.60. The van der Waals surface area contributed by atoms with Gasteiger partial charge in [0.05, 0.1) is 0 Å². The zero-order valence-electron chi connectivity index (χ0n) is 11.3. The van der Waals surface area contributed by atoms with E-state index in [-0.39, 0.29) is 0 Å². The predicted octanol–water partition coefficient (Wildman–Crippen LogP) is 2.06. The fourth-order valence-electron chi connectivity index (χ4n) is 2.60. The van der Waals surface area contributed by atoms with Crippen molar-refractivity contribution in [1.29, 1.82) is 0 Å². The van der Waals surface area contributed by atoms with Crippen molar-refractivity contribution in [2.24, 2.45) is 0 Å². The maximum Gasteiger partial charge on any atom is 0.0108 e. The van der Waals surface area contributed by atoms with E-state index in [9.17, 15) is 0 Å². The lowest BCUT2D eigenvalue weighted by Crippen LogP contribution is -2.44. The molecule has 2 nitrogen and oxygen atoms in total. The molecule has 1 heterocycles. The lowest BCUT2D eigenvalue weighted by Gasteiger charge is -2.27. The molecular weight excluding hydrogens is 208 g/mol. The van der Waals surface area contributed by atoms with Crippen LogP contribution >= 0.6 is 0 Å². The van der Waals surface area contributed by atoms with E-state index in [0.29, 0.717) is 0 Å². The molecule has 0 bridgehead atoms. The zero-order valence-corrected chi connectivity index (χ0v) is 11.3. The van der Waals surface area contributed by atoms with Gasteiger partial charge in [-0.1, -0.05) is 17.7 Å². The van der Waals surface area contributed by atoms with Crippen LogP contribution in [0.5, 0.6) is 0 Å². The lowest BCUT2D eigenvalue weighted by molar-refractivity contribution is 0.244. The molecule has 1 aliphatic heterocycles. The summed E-state index contributed by atoms with van der Waals surface area (Å²) in [6, 6.07) is 4.63. The van der Waals surface area contributed by atoms with Crippen molar-refractivity contribution in [2.75, 3.05) is 32.7 Å². The van der Waals surface area contributed by atoms with Gasteiger partial charge in [-0.25, -0.2) is 0 Å². The summed E-state index contributed by atoms with van der Waals surface area (Å²) in [5.41, 5.74) is 5.83. The molecule has 0 aromatic heterocycles. The number of hydrogen-bond donors (Lipinski definition) is 1. The van der Waals surface area contributed by atoms with Crippen molar-refractivity contribution in [3.05, 3.63) is 34.4 Å². The van der Waals surface area contributed by atoms with Crippen molar-refractivity contribution in [3.8, 4) is 0 Å². The number of rotatable bonds is 3. The first-order chi connectivity index (χ1) is 8.16. The van der Waals surface area contributed by atoms with Gasteiger partial charge in [-0.05, 0) is 43.9 Å². The van der Waals surface area contributed by atoms with Gasteiger partial charge in [-0.15, -0.1) is 0 Å². The van der Waals surface area contributed by atoms with Crippen LogP contribution in [0.3, 0.4) is 0 Å². The molecule has 1 aromatic carbocycles. The molecule has 0 unspecified atom stereocenters. The average molecular weight is 232 g/mol. The Hall–Kier alpha value is -0.860. The Morgan fingerprint density at radius 3 is 2.53 bits per heavy atom. The minimum Gasteiger partial charge on any atom is -0.314 e. The monoisotopic (exact) mass is 232 g/mol. The third-order valence-corrected chi connectivity index (χ3v) is 3.83. The van der Waals surface area contributed by atoms with Crippen molar-refractivity contribution in [3.63, 3.8) is 0 Å². The third-order valence-electron chi connectivity index (χ3n) is 3.83. The summed E-state index contributed by atoms with van der Waals surface area (Å²) >= 11 is 0. The van der Waals surface area contributed by atoms with Gasteiger partial charge in [0, 0.05) is 32.7 Å². The van der Waals surface area contributed by atoms with Gasteiger partial charge in [-0.2, -0.15) is 0 Å². The second-order valence-corrected chi connectivity index (χ2v) is 5.21. The first-order valence-corrected chi connectivity index (χ1v) is 6.66. The molecule has 0 radical (unpaired) electrons. The molecule has 2 heteroatoms. The summed E-state index contributed by atoms with van der Waals surface area (Å²) < 4.78 is 0. The molecular formula is C15H24N2. The second-order valence-electron chi connectivity index (χ2n) is 5.21. The molecule has 0 saturated carbocycles. The standard InChI is InChI=1S/C15H24N2/c1-12-10-13(2)14(3)15(11-12)4-7-17-8-5-16-6-9-17/h10-11,16H,4-9H2,1-3H3. The van der Waals surface area contributed by atoms with E-state index in [0.717, 1.165) is 13.1 Å². The highest BCUT2D eigenvalue weighted by molar-refractivity contribution is 5.37. The van der Waals surface area contributed by atoms with Crippen LogP contribution in [-0.2, 0) is 6.42 Å². The first-order valence-electron chi connectivity index (χ1n) is 6.66. The van der Waals surface area contributed by atoms with E-state index in [2.05, 4.69) is 43.1 Å². The van der Waals surface area contributed by atoms with E-state index >= 15 is 0 Å². The van der Waals surface area contributed by atoms with Gasteiger partial charge in [0.1, 0.15) is 0 Å². The van der Waals surface area contributed by atoms with Gasteiger partial charge < -0.3 is 10.2 Å². The second kappa shape index (κ2) is 5.65. The molecule has 1 fully saturated rings. The largest absolute Gasteiger partial charge is 0.314 e. The van der Waals surface area contributed by atoms with E-state index in [4.69, 9.17) is 0 Å². The van der Waals surface area contributed by atoms with Gasteiger partial charge >= 0.3 is 0 Å². The van der Waals surface area contributed by atoms with Crippen LogP contribution in [0.2, 0.25) is 0 Å². The topological polar surface area (TPSA) is 15.3 Å². The Balaban J connectivity index is 1.98. The minimum absolute atomic E-state index is 1.14. The number of nitrogens with one attached hydrogen (secondary N) is 1. The van der Waals surface area contributed by atoms with Crippen molar-refractivity contribution in [2.45, 2.75) is 27.2 Å². The Labute approximate surface area is 105 Å². The quantitative estimate of drug-likeness (QED) is 0.858. The normalized spacial score (nSPS) is 17.4. The Kier molecular flexibility index (Phi) is 4.19. The van der Waals surface area contributed by atoms with Crippen LogP contribution in [-0.4, -0.2) is 37.6 Å². The maximum atomic E-state index is 3.40. The van der Waals surface area contributed by atoms with Gasteiger partial charge in [0.15, 0.2) is 0 Å². The molecule has 94 valence electrons. The molecule has 1 aromatic rings. The predicted molar refractivity (Wildman–Crippen MR) is 73.7 cm³/mol. The highest BCUT2D eigenvalue weighted by atomic mass is 15.2. The average Bonchev–Trinajstić information content (AvgIpc) is 2.33. The van der Waals surface area contributed by atoms with E-state index in [1.165, 1.54) is 48.3 Å². The van der Waals surface area contributed by atoms with E-state index in [1.54, 1.807) is 0 Å². The van der Waals surface area contributed by atoms with Crippen LogP contribution in [0.25, 0.3) is 0 Å². The summed E-state index contributed by atoms with van der Waals surface area (Å²) in [5, 5.41) is 3.40. The lowest BCUT2D eigenvalue weighted by atomic mass is 9.98. The molecule has 1 saturated heterocycles. The molecule has 0 atom stereocenters. The van der Waals surface area contributed by atoms with E-state index < -0.39 is 0 Å². The molecule has 1 N–H and O–H groups in total. The number of nitrogens with zero attached hydrogens (tertiary/aromatic N) is 1. The minimum atomic E-state index is 1.14. The number of benzene rings is 1. The number of aryl methyl sites for hydroxylation is 2. The summed E-state index contributed by atoms with van der Waals surface area (Å²) in [6.07, 6.45) is 1.19. The number of hydrogen-bond acceptors (Lipinski definition) is 2. The van der Waals surface area contributed by atoms with E-state index in [1.807, 2.05) is 0 Å². The molecule has 0 amide bonds.